The molecule has 1 saturated heterocycles. The van der Waals surface area contributed by atoms with Gasteiger partial charge in [0.15, 0.2) is 24.6 Å². The fourth-order valence-electron chi connectivity index (χ4n) is 3.21. The highest BCUT2D eigenvalue weighted by atomic mass is 16.7. The fraction of sp³-hybridized carbons (Fsp3) is 0.800. The zero-order valence-corrected chi connectivity index (χ0v) is 19.3. The van der Waals surface area contributed by atoms with E-state index in [1.807, 2.05) is 0 Å². The predicted molar refractivity (Wildman–Crippen MR) is 110 cm³/mol. The molecule has 0 unspecified atom stereocenters. The van der Waals surface area contributed by atoms with E-state index in [0.29, 0.717) is 13.0 Å². The number of esters is 4. The lowest BCUT2D eigenvalue weighted by Gasteiger charge is -2.44. The number of azide groups is 1. The van der Waals surface area contributed by atoms with Crippen molar-refractivity contribution in [1.29, 1.82) is 0 Å². The molecule has 0 bridgehead atoms. The third-order valence-corrected chi connectivity index (χ3v) is 4.45. The normalized spacial score (nSPS) is 24.2. The number of hydrogen-bond acceptors (Lipinski definition) is 11. The largest absolute Gasteiger partial charge is 0.463 e. The van der Waals surface area contributed by atoms with Crippen molar-refractivity contribution in [3.8, 4) is 0 Å². The van der Waals surface area contributed by atoms with Crippen LogP contribution in [0.3, 0.4) is 0 Å². The van der Waals surface area contributed by atoms with Crippen molar-refractivity contribution >= 4 is 23.9 Å². The Hall–Kier alpha value is -2.89. The second-order valence-electron chi connectivity index (χ2n) is 7.31. The third kappa shape index (κ3) is 11.0. The van der Waals surface area contributed by atoms with E-state index < -0.39 is 54.6 Å². The van der Waals surface area contributed by atoms with Crippen LogP contribution in [-0.4, -0.2) is 74.3 Å². The van der Waals surface area contributed by atoms with E-state index >= 15 is 0 Å². The van der Waals surface area contributed by atoms with Crippen LogP contribution in [0.4, 0.5) is 0 Å². The monoisotopic (exact) mass is 473 g/mol. The van der Waals surface area contributed by atoms with Crippen molar-refractivity contribution in [2.24, 2.45) is 5.11 Å². The Morgan fingerprint density at radius 3 is 1.97 bits per heavy atom. The van der Waals surface area contributed by atoms with Gasteiger partial charge in [-0.1, -0.05) is 18.0 Å². The zero-order chi connectivity index (χ0) is 24.8. The molecule has 0 aromatic heterocycles. The highest BCUT2D eigenvalue weighted by Gasteiger charge is 2.52. The lowest BCUT2D eigenvalue weighted by molar-refractivity contribution is -0.308. The molecule has 0 radical (unpaired) electrons. The van der Waals surface area contributed by atoms with Gasteiger partial charge in [0.1, 0.15) is 12.7 Å². The van der Waals surface area contributed by atoms with Gasteiger partial charge in [-0.2, -0.15) is 0 Å². The van der Waals surface area contributed by atoms with Crippen LogP contribution in [0.15, 0.2) is 5.11 Å². The smallest absolute Gasteiger partial charge is 0.303 e. The summed E-state index contributed by atoms with van der Waals surface area (Å²) < 4.78 is 32.5. The number of hydrogen-bond donors (Lipinski definition) is 0. The van der Waals surface area contributed by atoms with Crippen LogP contribution in [-0.2, 0) is 47.6 Å². The Kier molecular flexibility index (Phi) is 12.8. The summed E-state index contributed by atoms with van der Waals surface area (Å²) in [6.07, 6.45) is -2.93. The van der Waals surface area contributed by atoms with E-state index in [0.717, 1.165) is 40.0 Å². The summed E-state index contributed by atoms with van der Waals surface area (Å²) in [6.45, 7) is 4.99. The molecule has 0 amide bonds. The van der Waals surface area contributed by atoms with Gasteiger partial charge in [-0.05, 0) is 18.4 Å². The molecule has 0 saturated carbocycles. The summed E-state index contributed by atoms with van der Waals surface area (Å²) in [4.78, 5) is 49.2. The van der Waals surface area contributed by atoms with Gasteiger partial charge in [0.25, 0.3) is 0 Å². The van der Waals surface area contributed by atoms with E-state index in [2.05, 4.69) is 10.0 Å². The topological polar surface area (TPSA) is 172 Å². The molecular formula is C20H31N3O10. The first-order valence-electron chi connectivity index (χ1n) is 10.6. The lowest BCUT2D eigenvalue weighted by Crippen LogP contribution is -2.63. The molecule has 13 nitrogen and oxygen atoms in total. The minimum Gasteiger partial charge on any atom is -0.463 e. The number of unbranched alkanes of at least 4 members (excludes halogenated alkanes) is 3. The Morgan fingerprint density at radius 1 is 0.818 bits per heavy atom. The van der Waals surface area contributed by atoms with Crippen LogP contribution in [0.2, 0.25) is 0 Å². The average molecular weight is 473 g/mol. The SMILES string of the molecule is CC(=O)OC[C@H]1O[C@H](OCCCCCCN=[N+]=[N-])[C@H](OC(C)=O)[C@@H](OC(C)=O)[C@H]1OC(C)=O. The Balaban J connectivity index is 2.98. The van der Waals surface area contributed by atoms with Crippen LogP contribution in [0.1, 0.15) is 53.4 Å². The van der Waals surface area contributed by atoms with Gasteiger partial charge in [0.2, 0.25) is 0 Å². The highest BCUT2D eigenvalue weighted by Crippen LogP contribution is 2.30. The van der Waals surface area contributed by atoms with Gasteiger partial charge < -0.3 is 28.4 Å². The molecule has 0 spiro atoms. The highest BCUT2D eigenvalue weighted by molar-refractivity contribution is 5.68. The van der Waals surface area contributed by atoms with Crippen molar-refractivity contribution < 1.29 is 47.6 Å². The molecule has 0 N–H and O–H groups in total. The number of nitrogens with zero attached hydrogens (tertiary/aromatic N) is 3. The van der Waals surface area contributed by atoms with Gasteiger partial charge in [-0.3, -0.25) is 19.2 Å². The Bertz CT molecular complexity index is 725. The summed E-state index contributed by atoms with van der Waals surface area (Å²) in [5.74, 6) is -2.69. The summed E-state index contributed by atoms with van der Waals surface area (Å²) in [6, 6.07) is 0. The average Bonchev–Trinajstić information content (AvgIpc) is 2.71. The van der Waals surface area contributed by atoms with Crippen molar-refractivity contribution in [3.05, 3.63) is 10.4 Å². The third-order valence-electron chi connectivity index (χ3n) is 4.45. The van der Waals surface area contributed by atoms with Crippen LogP contribution in [0, 0.1) is 0 Å². The lowest BCUT2D eigenvalue weighted by atomic mass is 9.98. The molecule has 13 heteroatoms. The maximum absolute atomic E-state index is 11.8. The molecule has 0 aromatic rings. The molecule has 1 rings (SSSR count). The standard InChI is InChI=1S/C20H31N3O10/c1-12(24)29-11-16-17(30-13(2)25)18(31-14(3)26)19(32-15(4)27)20(33-16)28-10-8-6-5-7-9-22-23-21/h16-20H,5-11H2,1-4H3/t16-,17+,18+,19-,20+/m1/s1. The molecule has 1 fully saturated rings. The van der Waals surface area contributed by atoms with Gasteiger partial charge in [-0.25, -0.2) is 0 Å². The second kappa shape index (κ2) is 15.0. The zero-order valence-electron chi connectivity index (χ0n) is 19.3. The molecule has 0 aromatic carbocycles. The second-order valence-corrected chi connectivity index (χ2v) is 7.31. The number of ether oxygens (including phenoxy) is 6. The van der Waals surface area contributed by atoms with Gasteiger partial charge in [-0.15, -0.1) is 0 Å². The van der Waals surface area contributed by atoms with Gasteiger partial charge in [0.05, 0.1) is 0 Å². The van der Waals surface area contributed by atoms with Crippen molar-refractivity contribution in [2.75, 3.05) is 19.8 Å². The molecule has 0 aliphatic carbocycles. The van der Waals surface area contributed by atoms with Crippen LogP contribution >= 0.6 is 0 Å². The quantitative estimate of drug-likeness (QED) is 0.0960. The maximum Gasteiger partial charge on any atom is 0.303 e. The molecule has 33 heavy (non-hydrogen) atoms. The first-order chi connectivity index (χ1) is 15.6. The van der Waals surface area contributed by atoms with Crippen molar-refractivity contribution in [3.63, 3.8) is 0 Å². The molecule has 1 aliphatic rings. The van der Waals surface area contributed by atoms with E-state index in [1.165, 1.54) is 6.92 Å². The minimum atomic E-state index is -1.25. The molecular weight excluding hydrogens is 442 g/mol. The van der Waals surface area contributed by atoms with Gasteiger partial charge >= 0.3 is 23.9 Å². The van der Waals surface area contributed by atoms with E-state index in [9.17, 15) is 19.2 Å². The first-order valence-corrected chi connectivity index (χ1v) is 10.6. The number of carbonyl (C=O) groups excluding carboxylic acids is 4. The van der Waals surface area contributed by atoms with Crippen LogP contribution in [0.5, 0.6) is 0 Å². The van der Waals surface area contributed by atoms with E-state index in [-0.39, 0.29) is 13.2 Å². The summed E-state index contributed by atoms with van der Waals surface area (Å²) >= 11 is 0. The maximum atomic E-state index is 11.8. The molecule has 1 aliphatic heterocycles. The van der Waals surface area contributed by atoms with Crippen LogP contribution in [0.25, 0.3) is 10.4 Å². The number of rotatable bonds is 13. The minimum absolute atomic E-state index is 0.218. The predicted octanol–water partition coefficient (Wildman–Crippen LogP) is 1.96. The van der Waals surface area contributed by atoms with Crippen molar-refractivity contribution in [2.45, 2.75) is 84.1 Å². The molecule has 5 atom stereocenters. The first kappa shape index (κ1) is 28.1. The van der Waals surface area contributed by atoms with Gasteiger partial charge in [0, 0.05) is 45.8 Å². The van der Waals surface area contributed by atoms with E-state index in [1.54, 1.807) is 0 Å². The van der Waals surface area contributed by atoms with Crippen molar-refractivity contribution in [1.82, 2.24) is 0 Å². The number of carbonyl (C=O) groups is 4. The van der Waals surface area contributed by atoms with Crippen LogP contribution < -0.4 is 0 Å². The van der Waals surface area contributed by atoms with E-state index in [4.69, 9.17) is 34.0 Å². The summed E-state index contributed by atoms with van der Waals surface area (Å²) in [7, 11) is 0. The fourth-order valence-corrected chi connectivity index (χ4v) is 3.21. The molecule has 186 valence electrons. The summed E-state index contributed by atoms with van der Waals surface area (Å²) in [5.41, 5.74) is 8.27. The Morgan fingerprint density at radius 2 is 1.39 bits per heavy atom. The summed E-state index contributed by atoms with van der Waals surface area (Å²) in [5, 5.41) is 3.47. The molecule has 1 heterocycles. The Labute approximate surface area is 191 Å².